The highest BCUT2D eigenvalue weighted by Crippen LogP contribution is 2.41. The molecule has 1 aliphatic carbocycles. The maximum atomic E-state index is 14.1. The summed E-state index contributed by atoms with van der Waals surface area (Å²) in [7, 11) is 0. The lowest BCUT2D eigenvalue weighted by Gasteiger charge is -2.45. The molecule has 0 aromatic heterocycles. The van der Waals surface area contributed by atoms with Crippen LogP contribution in [0.4, 0.5) is 4.39 Å². The maximum absolute atomic E-state index is 14.1. The summed E-state index contributed by atoms with van der Waals surface area (Å²) < 4.78 is 26.1. The van der Waals surface area contributed by atoms with Gasteiger partial charge in [0, 0.05) is 49.9 Å². The van der Waals surface area contributed by atoms with Gasteiger partial charge in [0.2, 0.25) is 0 Å². The molecule has 0 radical (unpaired) electrons. The van der Waals surface area contributed by atoms with E-state index in [0.29, 0.717) is 50.8 Å². The molecule has 0 bridgehead atoms. The van der Waals surface area contributed by atoms with Gasteiger partial charge in [-0.15, -0.1) is 0 Å². The lowest BCUT2D eigenvalue weighted by atomic mass is 9.80. The molecule has 3 aliphatic heterocycles. The van der Waals surface area contributed by atoms with E-state index in [1.54, 1.807) is 6.07 Å². The molecule has 2 saturated heterocycles. The van der Waals surface area contributed by atoms with Crippen molar-refractivity contribution in [3.63, 3.8) is 0 Å². The van der Waals surface area contributed by atoms with E-state index >= 15 is 0 Å². The topological polar surface area (TPSA) is 83.8 Å². The molecule has 1 saturated carbocycles. The van der Waals surface area contributed by atoms with Crippen LogP contribution in [0.5, 0.6) is 11.5 Å². The number of ether oxygens (including phenoxy) is 2. The van der Waals surface area contributed by atoms with E-state index in [1.807, 2.05) is 19.9 Å². The van der Waals surface area contributed by atoms with Gasteiger partial charge in [-0.1, -0.05) is 17.3 Å². The number of aliphatic carboxylic acids is 1. The van der Waals surface area contributed by atoms with E-state index in [4.69, 9.17) is 14.3 Å². The quantitative estimate of drug-likeness (QED) is 0.461. The first-order chi connectivity index (χ1) is 19.3. The molecule has 1 N–H and O–H groups in total. The summed E-state index contributed by atoms with van der Waals surface area (Å²) in [6.45, 7) is 8.64. The number of halogens is 1. The largest absolute Gasteiger partial charge is 0.493 e. The van der Waals surface area contributed by atoms with Gasteiger partial charge in [0.25, 0.3) is 0 Å². The minimum absolute atomic E-state index is 0.298. The fraction of sp³-hybridized carbons (Fsp3) is 0.548. The van der Waals surface area contributed by atoms with Crippen molar-refractivity contribution < 1.29 is 28.6 Å². The molecule has 1 spiro atoms. The first-order valence-electron chi connectivity index (χ1n) is 14.4. The molecule has 6 rings (SSSR count). The first kappa shape index (κ1) is 26.9. The third-order valence-corrected chi connectivity index (χ3v) is 8.75. The number of benzene rings is 2. The van der Waals surface area contributed by atoms with Crippen molar-refractivity contribution in [3.05, 3.63) is 47.8 Å². The van der Waals surface area contributed by atoms with Crippen LogP contribution in [0.25, 0.3) is 11.1 Å². The van der Waals surface area contributed by atoms with Crippen LogP contribution in [0.3, 0.4) is 0 Å². The van der Waals surface area contributed by atoms with E-state index in [9.17, 15) is 14.3 Å². The third-order valence-electron chi connectivity index (χ3n) is 8.75. The second-order valence-electron chi connectivity index (χ2n) is 12.1. The maximum Gasteiger partial charge on any atom is 0.309 e. The number of carboxylic acids is 1. The summed E-state index contributed by atoms with van der Waals surface area (Å²) in [5.74, 6) is 1.80. The molecule has 3 heterocycles. The van der Waals surface area contributed by atoms with Crippen LogP contribution < -0.4 is 9.47 Å². The molecule has 0 amide bonds. The molecule has 3 fully saturated rings. The van der Waals surface area contributed by atoms with Gasteiger partial charge in [-0.25, -0.2) is 4.39 Å². The van der Waals surface area contributed by atoms with E-state index in [-0.39, 0.29) is 11.4 Å². The van der Waals surface area contributed by atoms with Gasteiger partial charge < -0.3 is 24.3 Å². The van der Waals surface area contributed by atoms with Crippen molar-refractivity contribution in [3.8, 4) is 22.6 Å². The van der Waals surface area contributed by atoms with Crippen molar-refractivity contribution in [1.29, 1.82) is 0 Å². The van der Waals surface area contributed by atoms with Gasteiger partial charge in [-0.3, -0.25) is 9.69 Å². The summed E-state index contributed by atoms with van der Waals surface area (Å²) >= 11 is 0. The van der Waals surface area contributed by atoms with Gasteiger partial charge in [0.15, 0.2) is 5.60 Å². The summed E-state index contributed by atoms with van der Waals surface area (Å²) in [6.07, 6.45) is 4.33. The molecule has 40 heavy (non-hydrogen) atoms. The Morgan fingerprint density at radius 3 is 2.48 bits per heavy atom. The SMILES string of the molecule is CCOc1cc(CN2CC3(CC(N4CCC(C)(C(=O)O)CC4)=NO3)C2)ccc1-c1ccc(F)cc1OCC1CC1. The van der Waals surface area contributed by atoms with Crippen molar-refractivity contribution in [2.45, 2.75) is 58.1 Å². The molecule has 214 valence electrons. The van der Waals surface area contributed by atoms with Crippen LogP contribution in [0.2, 0.25) is 0 Å². The molecule has 0 unspecified atom stereocenters. The minimum atomic E-state index is -0.719. The molecule has 0 atom stereocenters. The van der Waals surface area contributed by atoms with Gasteiger partial charge in [-0.05, 0) is 69.2 Å². The Balaban J connectivity index is 1.08. The van der Waals surface area contributed by atoms with Crippen molar-refractivity contribution in [1.82, 2.24) is 9.80 Å². The Hall–Kier alpha value is -3.33. The van der Waals surface area contributed by atoms with Crippen LogP contribution in [-0.2, 0) is 16.2 Å². The highest BCUT2D eigenvalue weighted by molar-refractivity contribution is 5.85. The fourth-order valence-corrected chi connectivity index (χ4v) is 5.95. The van der Waals surface area contributed by atoms with E-state index in [1.165, 1.54) is 25.0 Å². The number of carbonyl (C=O) groups is 1. The van der Waals surface area contributed by atoms with Gasteiger partial charge in [0.1, 0.15) is 23.2 Å². The smallest absolute Gasteiger partial charge is 0.309 e. The highest BCUT2D eigenvalue weighted by Gasteiger charge is 2.51. The molecule has 8 nitrogen and oxygen atoms in total. The standard InChI is InChI=1S/C31H38FN3O5/c1-3-38-26-14-22(6-8-24(26)25-9-7-23(32)15-27(25)39-18-21-4-5-21)17-34-19-31(20-34)16-28(33-40-31)35-12-10-30(2,11-13-35)29(36)37/h6-9,14-15,21H,3-5,10-13,16-20H2,1-2H3,(H,36,37). The number of hydrogen-bond donors (Lipinski definition) is 1. The zero-order valence-electron chi connectivity index (χ0n) is 23.3. The Morgan fingerprint density at radius 1 is 1.10 bits per heavy atom. The summed E-state index contributed by atoms with van der Waals surface area (Å²) in [4.78, 5) is 22.0. The van der Waals surface area contributed by atoms with E-state index in [0.717, 1.165) is 54.3 Å². The molecule has 2 aromatic carbocycles. The van der Waals surface area contributed by atoms with Crippen molar-refractivity contribution in [2.75, 3.05) is 39.4 Å². The van der Waals surface area contributed by atoms with Crippen LogP contribution >= 0.6 is 0 Å². The predicted molar refractivity (Wildman–Crippen MR) is 149 cm³/mol. The first-order valence-corrected chi connectivity index (χ1v) is 14.4. The number of likely N-dealkylation sites (tertiary alicyclic amines) is 2. The average Bonchev–Trinajstić information content (AvgIpc) is 3.65. The fourth-order valence-electron chi connectivity index (χ4n) is 5.95. The molecule has 4 aliphatic rings. The lowest BCUT2D eigenvalue weighted by Crippen LogP contribution is -2.61. The van der Waals surface area contributed by atoms with Gasteiger partial charge in [0.05, 0.1) is 25.0 Å². The van der Waals surface area contributed by atoms with Crippen LogP contribution in [0.15, 0.2) is 41.6 Å². The summed E-state index contributed by atoms with van der Waals surface area (Å²) in [5, 5.41) is 13.9. The number of carboxylic acid groups (broad SMARTS) is 1. The molecule has 9 heteroatoms. The number of piperidine rings is 1. The van der Waals surface area contributed by atoms with Crippen molar-refractivity contribution in [2.24, 2.45) is 16.5 Å². The van der Waals surface area contributed by atoms with E-state index in [2.05, 4.69) is 27.1 Å². The number of rotatable bonds is 9. The van der Waals surface area contributed by atoms with Crippen LogP contribution in [0.1, 0.15) is 51.5 Å². The number of oxime groups is 1. The van der Waals surface area contributed by atoms with Crippen molar-refractivity contribution >= 4 is 11.8 Å². The molecule has 2 aromatic rings. The average molecular weight is 552 g/mol. The third kappa shape index (κ3) is 5.48. The van der Waals surface area contributed by atoms with Crippen LogP contribution in [0, 0.1) is 17.2 Å². The predicted octanol–water partition coefficient (Wildman–Crippen LogP) is 5.16. The second-order valence-corrected chi connectivity index (χ2v) is 12.1. The zero-order valence-corrected chi connectivity index (χ0v) is 23.3. The molecular weight excluding hydrogens is 513 g/mol. The lowest BCUT2D eigenvalue weighted by molar-refractivity contribution is -0.150. The minimum Gasteiger partial charge on any atom is -0.493 e. The Labute approximate surface area is 234 Å². The van der Waals surface area contributed by atoms with Crippen LogP contribution in [-0.4, -0.2) is 71.7 Å². The second kappa shape index (κ2) is 10.6. The monoisotopic (exact) mass is 551 g/mol. The normalized spacial score (nSPS) is 21.5. The zero-order chi connectivity index (χ0) is 27.9. The van der Waals surface area contributed by atoms with E-state index < -0.39 is 11.4 Å². The Morgan fingerprint density at radius 2 is 1.80 bits per heavy atom. The highest BCUT2D eigenvalue weighted by atomic mass is 19.1. The Kier molecular flexibility index (Phi) is 7.10. The number of amidine groups is 1. The van der Waals surface area contributed by atoms with Gasteiger partial charge >= 0.3 is 5.97 Å². The summed E-state index contributed by atoms with van der Waals surface area (Å²) in [6, 6.07) is 10.9. The number of nitrogens with zero attached hydrogens (tertiary/aromatic N) is 3. The summed E-state index contributed by atoms with van der Waals surface area (Å²) in [5.41, 5.74) is 1.92. The van der Waals surface area contributed by atoms with Gasteiger partial charge in [-0.2, -0.15) is 0 Å². The molecular formula is C31H38FN3O5. The Bertz CT molecular complexity index is 1300. The number of hydrogen-bond acceptors (Lipinski definition) is 7.